The van der Waals surface area contributed by atoms with Crippen LogP contribution in [-0.2, 0) is 0 Å². The highest BCUT2D eigenvalue weighted by molar-refractivity contribution is 9.10. The number of rotatable bonds is 11. The molecule has 0 saturated carbocycles. The van der Waals surface area contributed by atoms with Crippen molar-refractivity contribution in [3.63, 3.8) is 0 Å². The van der Waals surface area contributed by atoms with E-state index in [0.717, 1.165) is 8.95 Å². The van der Waals surface area contributed by atoms with Crippen molar-refractivity contribution in [1.82, 2.24) is 0 Å². The van der Waals surface area contributed by atoms with Gasteiger partial charge in [0.2, 0.25) is 0 Å². The summed E-state index contributed by atoms with van der Waals surface area (Å²) in [6.45, 7) is 2.29. The van der Waals surface area contributed by atoms with Crippen LogP contribution in [0.1, 0.15) is 88.7 Å². The summed E-state index contributed by atoms with van der Waals surface area (Å²) in [5.74, 6) is 0. The summed E-state index contributed by atoms with van der Waals surface area (Å²) in [5.41, 5.74) is 6.87. The molecule has 1 aliphatic carbocycles. The molecule has 0 nitrogen and oxygen atoms in total. The van der Waals surface area contributed by atoms with E-state index in [1.807, 2.05) is 0 Å². The molecule has 1 aliphatic rings. The van der Waals surface area contributed by atoms with Crippen LogP contribution < -0.4 is 0 Å². The van der Waals surface area contributed by atoms with Crippen molar-refractivity contribution in [3.05, 3.63) is 62.5 Å². The number of halogens is 2. The van der Waals surface area contributed by atoms with Crippen LogP contribution in [0.15, 0.2) is 51.4 Å². The highest BCUT2D eigenvalue weighted by atomic mass is 79.9. The van der Waals surface area contributed by atoms with Gasteiger partial charge in [0.15, 0.2) is 0 Å². The number of allylic oxidation sites excluding steroid dienone is 1. The lowest BCUT2D eigenvalue weighted by atomic mass is 10.0. The molecule has 0 saturated heterocycles. The average Bonchev–Trinajstić information content (AvgIpc) is 2.98. The van der Waals surface area contributed by atoms with Crippen LogP contribution in [0, 0.1) is 0 Å². The minimum absolute atomic E-state index is 1.16. The van der Waals surface area contributed by atoms with Gasteiger partial charge in [-0.15, -0.1) is 0 Å². The first kappa shape index (κ1) is 21.8. The summed E-state index contributed by atoms with van der Waals surface area (Å²) >= 11 is 7.30. The van der Waals surface area contributed by atoms with E-state index in [0.29, 0.717) is 0 Å². The van der Waals surface area contributed by atoms with Gasteiger partial charge in [-0.2, -0.15) is 0 Å². The van der Waals surface area contributed by atoms with Gasteiger partial charge in [0.1, 0.15) is 0 Å². The van der Waals surface area contributed by atoms with Crippen LogP contribution in [0.4, 0.5) is 0 Å². The summed E-state index contributed by atoms with van der Waals surface area (Å²) in [7, 11) is 0. The predicted molar refractivity (Wildman–Crippen MR) is 131 cm³/mol. The first-order valence-electron chi connectivity index (χ1n) is 11.0. The van der Waals surface area contributed by atoms with E-state index in [1.165, 1.54) is 98.5 Å². The van der Waals surface area contributed by atoms with Crippen molar-refractivity contribution in [2.45, 2.75) is 77.6 Å². The minimum atomic E-state index is 1.16. The maximum absolute atomic E-state index is 3.65. The van der Waals surface area contributed by atoms with Crippen molar-refractivity contribution in [2.24, 2.45) is 0 Å². The molecule has 150 valence electrons. The monoisotopic (exact) mass is 502 g/mol. The van der Waals surface area contributed by atoms with E-state index in [-0.39, 0.29) is 0 Å². The zero-order valence-electron chi connectivity index (χ0n) is 17.1. The fourth-order valence-electron chi connectivity index (χ4n) is 4.19. The topological polar surface area (TPSA) is 0 Å². The molecule has 0 radical (unpaired) electrons. The Bertz CT molecular complexity index is 751. The molecule has 0 unspecified atom stereocenters. The Hall–Kier alpha value is -0.860. The third-order valence-electron chi connectivity index (χ3n) is 5.74. The Morgan fingerprint density at radius 1 is 0.607 bits per heavy atom. The molecule has 0 N–H and O–H groups in total. The van der Waals surface area contributed by atoms with Gasteiger partial charge in [-0.1, -0.05) is 115 Å². The highest BCUT2D eigenvalue weighted by Gasteiger charge is 2.23. The second kappa shape index (κ2) is 11.4. The van der Waals surface area contributed by atoms with Gasteiger partial charge in [-0.05, 0) is 64.9 Å². The van der Waals surface area contributed by atoms with Gasteiger partial charge in [0, 0.05) is 8.95 Å². The molecule has 0 atom stereocenters. The molecule has 0 amide bonds. The lowest BCUT2D eigenvalue weighted by Crippen LogP contribution is -1.84. The number of fused-ring (bicyclic) bond motifs is 3. The number of benzene rings is 2. The maximum Gasteiger partial charge on any atom is 0.0181 e. The van der Waals surface area contributed by atoms with Crippen LogP contribution in [0.3, 0.4) is 0 Å². The Balaban J connectivity index is 1.51. The van der Waals surface area contributed by atoms with E-state index in [2.05, 4.69) is 81.3 Å². The summed E-state index contributed by atoms with van der Waals surface area (Å²) in [4.78, 5) is 0. The quantitative estimate of drug-likeness (QED) is 0.228. The highest BCUT2D eigenvalue weighted by Crippen LogP contribution is 2.46. The van der Waals surface area contributed by atoms with Crippen molar-refractivity contribution >= 4 is 37.4 Å². The molecule has 3 rings (SSSR count). The van der Waals surface area contributed by atoms with Crippen LogP contribution in [0.25, 0.3) is 16.7 Å². The summed E-state index contributed by atoms with van der Waals surface area (Å²) in [6, 6.07) is 13.3. The van der Waals surface area contributed by atoms with E-state index in [9.17, 15) is 0 Å². The summed E-state index contributed by atoms with van der Waals surface area (Å²) < 4.78 is 2.31. The Morgan fingerprint density at radius 3 is 1.57 bits per heavy atom. The van der Waals surface area contributed by atoms with Gasteiger partial charge in [0.25, 0.3) is 0 Å². The van der Waals surface area contributed by atoms with Gasteiger partial charge < -0.3 is 0 Å². The lowest BCUT2D eigenvalue weighted by Gasteiger charge is -2.05. The van der Waals surface area contributed by atoms with Crippen molar-refractivity contribution in [3.8, 4) is 11.1 Å². The largest absolute Gasteiger partial charge is 0.0760 e. The van der Waals surface area contributed by atoms with E-state index >= 15 is 0 Å². The van der Waals surface area contributed by atoms with Gasteiger partial charge in [0.05, 0.1) is 0 Å². The van der Waals surface area contributed by atoms with Crippen LogP contribution >= 0.6 is 31.9 Å². The SMILES string of the molecule is CCCCCCCCCCCCC=C1c2cc(Br)ccc2-c2ccc(Br)cc21. The van der Waals surface area contributed by atoms with Crippen molar-refractivity contribution < 1.29 is 0 Å². The third-order valence-corrected chi connectivity index (χ3v) is 6.73. The smallest absolute Gasteiger partial charge is 0.0181 e. The van der Waals surface area contributed by atoms with E-state index < -0.39 is 0 Å². The average molecular weight is 504 g/mol. The molecule has 0 heterocycles. The molecule has 0 fully saturated rings. The molecule has 28 heavy (non-hydrogen) atoms. The molecule has 2 aromatic carbocycles. The predicted octanol–water partition coefficient (Wildman–Crippen LogP) is 9.93. The standard InChI is InChI=1S/C26H32Br2/c1-2-3-4-5-6-7-8-9-10-11-12-13-22-25-18-20(27)14-16-23(25)24-17-15-21(28)19-26(22)24/h13-19H,2-12H2,1H3. The van der Waals surface area contributed by atoms with Crippen molar-refractivity contribution in [1.29, 1.82) is 0 Å². The first-order chi connectivity index (χ1) is 13.7. The summed E-state index contributed by atoms with van der Waals surface area (Å²) in [6.07, 6.45) is 17.6. The second-order valence-electron chi connectivity index (χ2n) is 7.97. The number of hydrogen-bond acceptors (Lipinski definition) is 0. The fourth-order valence-corrected chi connectivity index (χ4v) is 4.91. The number of unbranched alkanes of at least 4 members (excludes halogenated alkanes) is 10. The van der Waals surface area contributed by atoms with Gasteiger partial charge in [-0.3, -0.25) is 0 Å². The van der Waals surface area contributed by atoms with Gasteiger partial charge >= 0.3 is 0 Å². The molecule has 0 aliphatic heterocycles. The molecule has 0 spiro atoms. The van der Waals surface area contributed by atoms with Crippen molar-refractivity contribution in [2.75, 3.05) is 0 Å². The third kappa shape index (κ3) is 5.83. The summed E-state index contributed by atoms with van der Waals surface area (Å²) in [5, 5.41) is 0. The normalized spacial score (nSPS) is 12.2. The molecule has 2 aromatic rings. The molecule has 0 bridgehead atoms. The zero-order valence-corrected chi connectivity index (χ0v) is 20.2. The molecule has 0 aromatic heterocycles. The van der Waals surface area contributed by atoms with Crippen LogP contribution in [-0.4, -0.2) is 0 Å². The van der Waals surface area contributed by atoms with Gasteiger partial charge in [-0.25, -0.2) is 0 Å². The molecular formula is C26H32Br2. The molecule has 2 heteroatoms. The minimum Gasteiger partial charge on any atom is -0.0760 e. The van der Waals surface area contributed by atoms with Crippen LogP contribution in [0.5, 0.6) is 0 Å². The fraction of sp³-hybridized carbons (Fsp3) is 0.462. The Kier molecular flexibility index (Phi) is 8.86. The zero-order chi connectivity index (χ0) is 19.8. The lowest BCUT2D eigenvalue weighted by molar-refractivity contribution is 0.558. The Labute approximate surface area is 188 Å². The molecular weight excluding hydrogens is 472 g/mol. The second-order valence-corrected chi connectivity index (χ2v) is 9.80. The van der Waals surface area contributed by atoms with E-state index in [1.54, 1.807) is 0 Å². The van der Waals surface area contributed by atoms with Crippen LogP contribution in [0.2, 0.25) is 0 Å². The maximum atomic E-state index is 3.65. The number of hydrogen-bond donors (Lipinski definition) is 0. The first-order valence-corrected chi connectivity index (χ1v) is 12.6. The van der Waals surface area contributed by atoms with E-state index in [4.69, 9.17) is 0 Å². The Morgan fingerprint density at radius 2 is 1.07 bits per heavy atom.